The van der Waals surface area contributed by atoms with Crippen molar-refractivity contribution in [3.05, 3.63) is 60.2 Å². The van der Waals surface area contributed by atoms with E-state index in [4.69, 9.17) is 4.74 Å². The number of hydrogen-bond acceptors (Lipinski definition) is 4. The third-order valence-electron chi connectivity index (χ3n) is 4.30. The van der Waals surface area contributed by atoms with E-state index < -0.39 is 11.8 Å². The first-order valence-corrected chi connectivity index (χ1v) is 8.10. The van der Waals surface area contributed by atoms with Crippen molar-refractivity contribution < 1.29 is 18.3 Å². The van der Waals surface area contributed by atoms with Crippen molar-refractivity contribution in [2.75, 3.05) is 19.7 Å². The van der Waals surface area contributed by atoms with Gasteiger partial charge in [0.1, 0.15) is 0 Å². The van der Waals surface area contributed by atoms with E-state index in [0.29, 0.717) is 5.56 Å². The number of amides is 1. The molecule has 1 fully saturated rings. The number of pyridine rings is 2. The Morgan fingerprint density at radius 2 is 1.80 bits per heavy atom. The molecule has 1 aliphatic heterocycles. The molecule has 0 saturated carbocycles. The number of aromatic nitrogens is 2. The van der Waals surface area contributed by atoms with Gasteiger partial charge in [0.2, 0.25) is 0 Å². The molecule has 5 nitrogen and oxygen atoms in total. The molecule has 1 unspecified atom stereocenters. The monoisotopic (exact) mass is 347 g/mol. The molecule has 0 radical (unpaired) electrons. The van der Waals surface area contributed by atoms with Gasteiger partial charge in [-0.3, -0.25) is 14.8 Å². The molecule has 2 aromatic rings. The number of piperidine rings is 1. The van der Waals surface area contributed by atoms with Gasteiger partial charge in [-0.05, 0) is 29.8 Å². The van der Waals surface area contributed by atoms with Gasteiger partial charge >= 0.3 is 0 Å². The van der Waals surface area contributed by atoms with Crippen molar-refractivity contribution in [2.45, 2.75) is 19.0 Å². The van der Waals surface area contributed by atoms with E-state index in [-0.39, 0.29) is 38.6 Å². The van der Waals surface area contributed by atoms with Gasteiger partial charge in [0.15, 0.2) is 0 Å². The van der Waals surface area contributed by atoms with E-state index in [1.807, 2.05) is 0 Å². The summed E-state index contributed by atoms with van der Waals surface area (Å²) in [5.74, 6) is -4.11. The average molecular weight is 347 g/mol. The van der Waals surface area contributed by atoms with Gasteiger partial charge in [-0.1, -0.05) is 0 Å². The number of halogens is 2. The van der Waals surface area contributed by atoms with Gasteiger partial charge in [-0.15, -0.1) is 0 Å². The van der Waals surface area contributed by atoms with Gasteiger partial charge in [-0.25, -0.2) is 8.78 Å². The zero-order valence-corrected chi connectivity index (χ0v) is 13.6. The van der Waals surface area contributed by atoms with Crippen LogP contribution in [0.1, 0.15) is 22.3 Å². The first-order valence-electron chi connectivity index (χ1n) is 8.10. The maximum atomic E-state index is 14.2. The third-order valence-corrected chi connectivity index (χ3v) is 4.30. The van der Waals surface area contributed by atoms with Crippen LogP contribution in [0, 0.1) is 5.92 Å². The average Bonchev–Trinajstić information content (AvgIpc) is 2.64. The summed E-state index contributed by atoms with van der Waals surface area (Å²) in [4.78, 5) is 21.7. The molecule has 0 N–H and O–H groups in total. The maximum Gasteiger partial charge on any atom is 0.256 e. The predicted molar refractivity (Wildman–Crippen MR) is 87.1 cm³/mol. The highest BCUT2D eigenvalue weighted by molar-refractivity contribution is 5.94. The van der Waals surface area contributed by atoms with Gasteiger partial charge in [-0.2, -0.15) is 0 Å². The fourth-order valence-corrected chi connectivity index (χ4v) is 2.81. The lowest BCUT2D eigenvalue weighted by Crippen LogP contribution is -2.50. The lowest BCUT2D eigenvalue weighted by atomic mass is 9.93. The number of carbonyl (C=O) groups is 1. The summed E-state index contributed by atoms with van der Waals surface area (Å²) in [5, 5.41) is 0. The number of ether oxygens (including phenoxy) is 1. The number of hydrogen-bond donors (Lipinski definition) is 0. The Balaban J connectivity index is 1.60. The third kappa shape index (κ3) is 4.36. The molecule has 2 aromatic heterocycles. The predicted octanol–water partition coefficient (Wildman–Crippen LogP) is 2.79. The highest BCUT2D eigenvalue weighted by Crippen LogP contribution is 2.34. The highest BCUT2D eigenvalue weighted by atomic mass is 19.3. The van der Waals surface area contributed by atoms with E-state index in [9.17, 15) is 13.6 Å². The molecule has 1 aliphatic rings. The molecular weight excluding hydrogens is 328 g/mol. The number of nitrogens with zero attached hydrogens (tertiary/aromatic N) is 3. The summed E-state index contributed by atoms with van der Waals surface area (Å²) in [7, 11) is 0. The Kier molecular flexibility index (Phi) is 5.33. The van der Waals surface area contributed by atoms with Crippen molar-refractivity contribution in [1.29, 1.82) is 0 Å². The fourth-order valence-electron chi connectivity index (χ4n) is 2.81. The summed E-state index contributed by atoms with van der Waals surface area (Å²) < 4.78 is 33.9. The van der Waals surface area contributed by atoms with Crippen LogP contribution in [0.3, 0.4) is 0 Å². The first kappa shape index (κ1) is 17.4. The van der Waals surface area contributed by atoms with E-state index in [2.05, 4.69) is 9.97 Å². The molecule has 0 aliphatic carbocycles. The zero-order valence-electron chi connectivity index (χ0n) is 13.6. The largest absolute Gasteiger partial charge is 0.376 e. The second kappa shape index (κ2) is 7.65. The lowest BCUT2D eigenvalue weighted by Gasteiger charge is -2.38. The Hall–Kier alpha value is -2.41. The first-order chi connectivity index (χ1) is 12.1. The fraction of sp³-hybridized carbons (Fsp3) is 0.389. The highest BCUT2D eigenvalue weighted by Gasteiger charge is 2.45. The van der Waals surface area contributed by atoms with Crippen molar-refractivity contribution in [3.8, 4) is 0 Å². The van der Waals surface area contributed by atoms with Crippen LogP contribution in [0.15, 0.2) is 49.1 Å². The van der Waals surface area contributed by atoms with Gasteiger partial charge in [0.25, 0.3) is 11.8 Å². The van der Waals surface area contributed by atoms with Crippen LogP contribution in [-0.4, -0.2) is 46.4 Å². The maximum absolute atomic E-state index is 14.2. The molecule has 3 heterocycles. The second-order valence-corrected chi connectivity index (χ2v) is 6.07. The number of carbonyl (C=O) groups excluding carboxylic acids is 1. The Morgan fingerprint density at radius 3 is 2.48 bits per heavy atom. The van der Waals surface area contributed by atoms with Crippen LogP contribution in [0.4, 0.5) is 8.78 Å². The second-order valence-electron chi connectivity index (χ2n) is 6.07. The quantitative estimate of drug-likeness (QED) is 0.835. The van der Waals surface area contributed by atoms with Crippen LogP contribution < -0.4 is 0 Å². The minimum atomic E-state index is -2.84. The molecule has 1 amide bonds. The van der Waals surface area contributed by atoms with Gasteiger partial charge in [0.05, 0.1) is 19.1 Å². The molecule has 1 atom stereocenters. The molecule has 3 rings (SSSR count). The van der Waals surface area contributed by atoms with Crippen LogP contribution >= 0.6 is 0 Å². The van der Waals surface area contributed by atoms with Crippen molar-refractivity contribution in [2.24, 2.45) is 5.92 Å². The molecule has 0 spiro atoms. The zero-order chi connectivity index (χ0) is 17.7. The molecule has 0 bridgehead atoms. The minimum absolute atomic E-state index is 0.0233. The summed E-state index contributed by atoms with van der Waals surface area (Å²) in [6.45, 7) is 0.155. The topological polar surface area (TPSA) is 55.3 Å². The van der Waals surface area contributed by atoms with Crippen LogP contribution in [0.25, 0.3) is 0 Å². The number of rotatable bonds is 5. The molecule has 1 saturated heterocycles. The van der Waals surface area contributed by atoms with E-state index in [1.165, 1.54) is 17.3 Å². The van der Waals surface area contributed by atoms with E-state index >= 15 is 0 Å². The Bertz CT molecular complexity index is 698. The van der Waals surface area contributed by atoms with Crippen molar-refractivity contribution >= 4 is 5.91 Å². The summed E-state index contributed by atoms with van der Waals surface area (Å²) >= 11 is 0. The SMILES string of the molecule is O=C(c1ccncc1)N1CCC(F)(F)C(COCc2ccncc2)C1. The number of likely N-dealkylation sites (tertiary alicyclic amines) is 1. The van der Waals surface area contributed by atoms with Crippen molar-refractivity contribution in [3.63, 3.8) is 0 Å². The normalized spacial score (nSPS) is 19.6. The molecule has 25 heavy (non-hydrogen) atoms. The van der Waals surface area contributed by atoms with Gasteiger partial charge in [0, 0.05) is 49.9 Å². The molecular formula is C18H19F2N3O2. The smallest absolute Gasteiger partial charge is 0.256 e. The van der Waals surface area contributed by atoms with Crippen LogP contribution in [-0.2, 0) is 11.3 Å². The molecule has 132 valence electrons. The van der Waals surface area contributed by atoms with E-state index in [0.717, 1.165) is 5.56 Å². The minimum Gasteiger partial charge on any atom is -0.376 e. The van der Waals surface area contributed by atoms with E-state index in [1.54, 1.807) is 36.7 Å². The van der Waals surface area contributed by atoms with Crippen LogP contribution in [0.5, 0.6) is 0 Å². The van der Waals surface area contributed by atoms with Crippen molar-refractivity contribution in [1.82, 2.24) is 14.9 Å². The molecule has 7 heteroatoms. The Morgan fingerprint density at radius 1 is 1.16 bits per heavy atom. The molecule has 0 aromatic carbocycles. The standard InChI is InChI=1S/C18H19F2N3O2/c19-18(20)5-10-23(17(24)15-3-8-22-9-4-15)11-16(18)13-25-12-14-1-6-21-7-2-14/h1-4,6-9,16H,5,10-13H2. The van der Waals surface area contributed by atoms with Crippen LogP contribution in [0.2, 0.25) is 0 Å². The van der Waals surface area contributed by atoms with Gasteiger partial charge < -0.3 is 9.64 Å². The summed E-state index contributed by atoms with van der Waals surface area (Å²) in [6.07, 6.45) is 5.93. The summed E-state index contributed by atoms with van der Waals surface area (Å²) in [5.41, 5.74) is 1.33. The number of alkyl halides is 2. The summed E-state index contributed by atoms with van der Waals surface area (Å²) in [6, 6.07) is 6.73. The lowest BCUT2D eigenvalue weighted by molar-refractivity contribution is -0.124. The Labute approximate surface area is 144 Å².